The summed E-state index contributed by atoms with van der Waals surface area (Å²) in [5.74, 6) is -3.15. The smallest absolute Gasteiger partial charge is 0.319 e. The molecule has 2 N–H and O–H groups in total. The minimum atomic E-state index is -3.15. The van der Waals surface area contributed by atoms with Gasteiger partial charge in [0.05, 0.1) is 6.61 Å². The summed E-state index contributed by atoms with van der Waals surface area (Å²) in [6.45, 7) is 0.0354. The zero-order valence-electron chi connectivity index (χ0n) is 3.97. The number of rotatable bonds is 3. The summed E-state index contributed by atoms with van der Waals surface area (Å²) < 4.78 is 10.3. The molecule has 0 spiro atoms. The summed E-state index contributed by atoms with van der Waals surface area (Å²) in [5, 5.41) is 10.3. The van der Waals surface area contributed by atoms with Crippen LogP contribution in [0.15, 0.2) is 0 Å². The zero-order chi connectivity index (χ0) is 6.62. The lowest BCUT2D eigenvalue weighted by molar-refractivity contribution is 0.301. The van der Waals surface area contributed by atoms with Gasteiger partial charge in [0.15, 0.2) is 0 Å². The Morgan fingerprint density at radius 2 is 2.12 bits per heavy atom. The van der Waals surface area contributed by atoms with Gasteiger partial charge in [0.1, 0.15) is 0 Å². The topological polar surface area (TPSA) is 49.3 Å². The van der Waals surface area contributed by atoms with Gasteiger partial charge in [-0.3, -0.25) is 4.57 Å². The second-order valence-electron chi connectivity index (χ2n) is 1.09. The monoisotopic (exact) mass is 177 g/mol. The van der Waals surface area contributed by atoms with Crippen molar-refractivity contribution in [2.24, 2.45) is 0 Å². The highest BCUT2D eigenvalue weighted by atomic mass is 35.9. The van der Waals surface area contributed by atoms with Crippen LogP contribution in [0.1, 0.15) is 0 Å². The lowest BCUT2D eigenvalue weighted by Crippen LogP contribution is -2.09. The zero-order valence-corrected chi connectivity index (χ0v) is 6.38. The molecule has 0 aromatic heterocycles. The van der Waals surface area contributed by atoms with Crippen LogP contribution in [0.2, 0.25) is 0 Å². The molecule has 0 atom stereocenters. The normalized spacial score (nSPS) is 11.9. The van der Waals surface area contributed by atoms with Crippen LogP contribution in [0.4, 0.5) is 0 Å². The Kier molecular flexibility index (Phi) is 4.04. The third-order valence-corrected chi connectivity index (χ3v) is 1.72. The molecule has 0 aromatic carbocycles. The molecule has 3 nitrogen and oxygen atoms in total. The fourth-order valence-corrected chi connectivity index (χ4v) is 1.05. The Hall–Kier alpha value is 0.730. The minimum Gasteiger partial charge on any atom is -0.395 e. The maximum absolute atomic E-state index is 10.3. The average Bonchev–Trinajstić information content (AvgIpc) is 1.59. The third-order valence-electron chi connectivity index (χ3n) is 0.408. The van der Waals surface area contributed by atoms with Crippen molar-refractivity contribution in [3.8, 4) is 0 Å². The quantitative estimate of drug-likeness (QED) is 0.637. The summed E-state index contributed by atoms with van der Waals surface area (Å²) >= 11 is 10.0. The number of nitrogens with one attached hydrogen (secondary N) is 1. The lowest BCUT2D eigenvalue weighted by atomic mass is 10.8. The van der Waals surface area contributed by atoms with E-state index in [1.165, 1.54) is 0 Å². The van der Waals surface area contributed by atoms with Crippen molar-refractivity contribution in [2.75, 3.05) is 13.2 Å². The molecule has 0 saturated carbocycles. The maximum atomic E-state index is 10.3. The first-order valence-corrected chi connectivity index (χ1v) is 5.43. The van der Waals surface area contributed by atoms with Crippen LogP contribution in [0.25, 0.3) is 0 Å². The predicted octanol–water partition coefficient (Wildman–Crippen LogP) is 1.15. The molecular weight excluding hydrogens is 172 g/mol. The SMILES string of the molecule is O=P(Cl)(Cl)NCCO. The van der Waals surface area contributed by atoms with E-state index in [-0.39, 0.29) is 13.2 Å². The van der Waals surface area contributed by atoms with E-state index < -0.39 is 6.00 Å². The van der Waals surface area contributed by atoms with E-state index in [0.29, 0.717) is 0 Å². The summed E-state index contributed by atoms with van der Waals surface area (Å²) in [7, 11) is 0. The summed E-state index contributed by atoms with van der Waals surface area (Å²) in [6.07, 6.45) is 0. The van der Waals surface area contributed by atoms with Crippen LogP contribution in [0.5, 0.6) is 0 Å². The van der Waals surface area contributed by atoms with Crippen LogP contribution >= 0.6 is 28.5 Å². The molecule has 0 fully saturated rings. The number of hydrogen-bond acceptors (Lipinski definition) is 2. The van der Waals surface area contributed by atoms with E-state index >= 15 is 0 Å². The van der Waals surface area contributed by atoms with Gasteiger partial charge < -0.3 is 5.11 Å². The van der Waals surface area contributed by atoms with E-state index in [4.69, 9.17) is 27.6 Å². The van der Waals surface area contributed by atoms with Gasteiger partial charge in [-0.2, -0.15) is 0 Å². The van der Waals surface area contributed by atoms with Crippen molar-refractivity contribution < 1.29 is 9.67 Å². The molecule has 0 aliphatic carbocycles. The number of aliphatic hydroxyl groups excluding tert-OH is 1. The average molecular weight is 178 g/mol. The van der Waals surface area contributed by atoms with E-state index in [1.807, 2.05) is 0 Å². The largest absolute Gasteiger partial charge is 0.395 e. The van der Waals surface area contributed by atoms with E-state index in [1.54, 1.807) is 0 Å². The molecule has 0 aromatic rings. The summed E-state index contributed by atoms with van der Waals surface area (Å²) in [6, 6.07) is 0. The minimum absolute atomic E-state index is 0.122. The molecule has 0 amide bonds. The summed E-state index contributed by atoms with van der Waals surface area (Å²) in [4.78, 5) is 0. The Bertz CT molecular complexity index is 102. The van der Waals surface area contributed by atoms with Gasteiger partial charge in [-0.1, -0.05) is 0 Å². The van der Waals surface area contributed by atoms with Gasteiger partial charge in [-0.15, -0.1) is 0 Å². The molecular formula is C2H6Cl2NO2P. The Morgan fingerprint density at radius 3 is 2.25 bits per heavy atom. The van der Waals surface area contributed by atoms with Crippen molar-refractivity contribution in [3.63, 3.8) is 0 Å². The first kappa shape index (κ1) is 8.73. The number of hydrogen-bond donors (Lipinski definition) is 2. The molecule has 8 heavy (non-hydrogen) atoms. The molecule has 0 bridgehead atoms. The molecule has 0 saturated heterocycles. The van der Waals surface area contributed by atoms with Crippen molar-refractivity contribution >= 4 is 28.5 Å². The predicted molar refractivity (Wildman–Crippen MR) is 34.4 cm³/mol. The second kappa shape index (κ2) is 3.70. The fraction of sp³-hybridized carbons (Fsp3) is 1.00. The molecule has 50 valence electrons. The van der Waals surface area contributed by atoms with Crippen LogP contribution in [-0.2, 0) is 4.57 Å². The second-order valence-corrected chi connectivity index (χ2v) is 5.71. The lowest BCUT2D eigenvalue weighted by Gasteiger charge is -1.99. The Balaban J connectivity index is 3.26. The molecule has 0 radical (unpaired) electrons. The number of aliphatic hydroxyl groups is 1. The molecule has 0 aliphatic heterocycles. The summed E-state index contributed by atoms with van der Waals surface area (Å²) in [5.41, 5.74) is 0. The van der Waals surface area contributed by atoms with Crippen molar-refractivity contribution in [1.29, 1.82) is 0 Å². The number of halogens is 2. The third kappa shape index (κ3) is 6.73. The molecule has 0 rings (SSSR count). The Labute approximate surface area is 57.0 Å². The first-order valence-electron chi connectivity index (χ1n) is 1.91. The highest BCUT2D eigenvalue weighted by molar-refractivity contribution is 8.07. The van der Waals surface area contributed by atoms with Gasteiger partial charge in [-0.25, -0.2) is 5.09 Å². The van der Waals surface area contributed by atoms with Gasteiger partial charge in [-0.05, 0) is 22.5 Å². The Morgan fingerprint density at radius 1 is 1.62 bits per heavy atom. The van der Waals surface area contributed by atoms with Gasteiger partial charge in [0, 0.05) is 6.54 Å². The van der Waals surface area contributed by atoms with Gasteiger partial charge >= 0.3 is 6.00 Å². The van der Waals surface area contributed by atoms with Gasteiger partial charge in [0.25, 0.3) is 0 Å². The molecule has 0 aliphatic rings. The van der Waals surface area contributed by atoms with Crippen LogP contribution in [0.3, 0.4) is 0 Å². The first-order chi connectivity index (χ1) is 3.56. The van der Waals surface area contributed by atoms with Crippen molar-refractivity contribution in [1.82, 2.24) is 5.09 Å². The fourth-order valence-electron chi connectivity index (χ4n) is 0.180. The maximum Gasteiger partial charge on any atom is 0.319 e. The van der Waals surface area contributed by atoms with E-state index in [2.05, 4.69) is 5.09 Å². The van der Waals surface area contributed by atoms with Crippen LogP contribution in [0, 0.1) is 0 Å². The highest BCUT2D eigenvalue weighted by Gasteiger charge is 2.09. The van der Waals surface area contributed by atoms with Gasteiger partial charge in [0.2, 0.25) is 0 Å². The standard InChI is InChI=1S/C2H6Cl2NO2P/c3-8(4,7)5-1-2-6/h6H,1-2H2,(H,5,7). The molecule has 6 heteroatoms. The van der Waals surface area contributed by atoms with E-state index in [0.717, 1.165) is 0 Å². The van der Waals surface area contributed by atoms with Crippen LogP contribution in [-0.4, -0.2) is 18.3 Å². The van der Waals surface area contributed by atoms with Crippen LogP contribution < -0.4 is 5.09 Å². The van der Waals surface area contributed by atoms with Crippen molar-refractivity contribution in [3.05, 3.63) is 0 Å². The van der Waals surface area contributed by atoms with E-state index in [9.17, 15) is 4.57 Å². The highest BCUT2D eigenvalue weighted by Crippen LogP contribution is 2.51. The molecule has 0 heterocycles. The van der Waals surface area contributed by atoms with Crippen molar-refractivity contribution in [2.45, 2.75) is 0 Å². The molecule has 0 unspecified atom stereocenters.